The summed E-state index contributed by atoms with van der Waals surface area (Å²) >= 11 is 0. The molecule has 0 saturated heterocycles. The molecule has 0 aliphatic heterocycles. The molecule has 0 fully saturated rings. The molecule has 1 heterocycles. The molecule has 0 atom stereocenters. The van der Waals surface area contributed by atoms with Crippen LogP contribution < -0.4 is 10.9 Å². The lowest BCUT2D eigenvalue weighted by Crippen LogP contribution is -2.46. The van der Waals surface area contributed by atoms with Crippen LogP contribution in [0.2, 0.25) is 0 Å². The molecule has 27 heavy (non-hydrogen) atoms. The summed E-state index contributed by atoms with van der Waals surface area (Å²) in [5.41, 5.74) is -0.0610. The van der Waals surface area contributed by atoms with Gasteiger partial charge in [0.15, 0.2) is 34.9 Å². The summed E-state index contributed by atoms with van der Waals surface area (Å²) in [7, 11) is 0. The van der Waals surface area contributed by atoms with Crippen molar-refractivity contribution in [1.82, 2.24) is 4.98 Å². The van der Waals surface area contributed by atoms with Gasteiger partial charge in [0, 0.05) is 6.20 Å². The Hall–Kier alpha value is -2.81. The van der Waals surface area contributed by atoms with Gasteiger partial charge >= 0.3 is 6.92 Å². The van der Waals surface area contributed by atoms with Crippen LogP contribution in [0.4, 0.5) is 26.3 Å². The molecule has 1 aromatic heterocycles. The lowest BCUT2D eigenvalue weighted by Gasteiger charge is -2.16. The highest BCUT2D eigenvalue weighted by Crippen LogP contribution is 2.12. The monoisotopic (exact) mass is 381 g/mol. The van der Waals surface area contributed by atoms with Crippen LogP contribution in [-0.2, 0) is 11.3 Å². The van der Waals surface area contributed by atoms with E-state index in [9.17, 15) is 26.3 Å². The zero-order chi connectivity index (χ0) is 19.6. The van der Waals surface area contributed by atoms with Crippen molar-refractivity contribution in [1.29, 1.82) is 0 Å². The fourth-order valence-electron chi connectivity index (χ4n) is 2.49. The van der Waals surface area contributed by atoms with Crippen LogP contribution in [0.3, 0.4) is 0 Å². The van der Waals surface area contributed by atoms with E-state index in [1.165, 1.54) is 6.20 Å². The van der Waals surface area contributed by atoms with E-state index < -0.39 is 41.8 Å². The zero-order valence-electron chi connectivity index (χ0n) is 13.5. The second-order valence-corrected chi connectivity index (χ2v) is 5.61. The van der Waals surface area contributed by atoms with Gasteiger partial charge in [-0.15, -0.1) is 0 Å². The standard InChI is InChI=1S/C18H10BF6NO/c20-13-5-10(6-14(21)17(13)24)19(27-9-12-3-1-2-4-26-12)11-7-15(22)18(25)16(23)8-11/h1-8H,9H2. The average Bonchev–Trinajstić information content (AvgIpc) is 2.65. The summed E-state index contributed by atoms with van der Waals surface area (Å²) in [4.78, 5) is 4.00. The van der Waals surface area contributed by atoms with Gasteiger partial charge in [0.2, 0.25) is 0 Å². The molecular weight excluding hydrogens is 371 g/mol. The van der Waals surface area contributed by atoms with E-state index in [-0.39, 0.29) is 17.5 Å². The maximum absolute atomic E-state index is 13.6. The Morgan fingerprint density at radius 3 is 1.63 bits per heavy atom. The van der Waals surface area contributed by atoms with Crippen LogP contribution in [0.25, 0.3) is 0 Å². The van der Waals surface area contributed by atoms with Crippen LogP contribution >= 0.6 is 0 Å². The summed E-state index contributed by atoms with van der Waals surface area (Å²) in [6, 6.07) is 7.46. The van der Waals surface area contributed by atoms with Crippen molar-refractivity contribution in [3.63, 3.8) is 0 Å². The van der Waals surface area contributed by atoms with Gasteiger partial charge in [-0.2, -0.15) is 0 Å². The SMILES string of the molecule is Fc1cc(B(OCc2ccccn2)c2cc(F)c(F)c(F)c2)cc(F)c1F. The third-order valence-electron chi connectivity index (χ3n) is 3.74. The van der Waals surface area contributed by atoms with Gasteiger partial charge in [0.05, 0.1) is 12.3 Å². The number of pyridine rings is 1. The molecule has 0 amide bonds. The van der Waals surface area contributed by atoms with Crippen molar-refractivity contribution in [3.8, 4) is 0 Å². The van der Waals surface area contributed by atoms with Gasteiger partial charge in [-0.25, -0.2) is 26.3 Å². The van der Waals surface area contributed by atoms with Gasteiger partial charge in [-0.05, 0) is 47.3 Å². The van der Waals surface area contributed by atoms with Crippen LogP contribution in [0.15, 0.2) is 48.7 Å². The molecule has 3 rings (SSSR count). The third-order valence-corrected chi connectivity index (χ3v) is 3.74. The van der Waals surface area contributed by atoms with Crippen LogP contribution in [0.5, 0.6) is 0 Å². The Bertz CT molecular complexity index is 866. The molecule has 0 aliphatic carbocycles. The molecular formula is C18H10BF6NO. The second kappa shape index (κ2) is 7.83. The molecule has 2 nitrogen and oxygen atoms in total. The van der Waals surface area contributed by atoms with Gasteiger partial charge in [0.1, 0.15) is 0 Å². The molecule has 0 aliphatic rings. The fraction of sp³-hybridized carbons (Fsp3) is 0.0556. The minimum atomic E-state index is -1.70. The maximum Gasteiger partial charge on any atom is 0.362 e. The first-order valence-corrected chi connectivity index (χ1v) is 7.67. The first kappa shape index (κ1) is 19.0. The number of benzene rings is 2. The predicted molar refractivity (Wildman–Crippen MR) is 86.7 cm³/mol. The number of nitrogens with zero attached hydrogens (tertiary/aromatic N) is 1. The predicted octanol–water partition coefficient (Wildman–Crippen LogP) is 3.24. The molecule has 138 valence electrons. The van der Waals surface area contributed by atoms with Gasteiger partial charge in [-0.3, -0.25) is 4.98 Å². The quantitative estimate of drug-likeness (QED) is 0.385. The number of halogens is 6. The van der Waals surface area contributed by atoms with Crippen LogP contribution in [-0.4, -0.2) is 11.9 Å². The molecule has 3 aromatic rings. The lowest BCUT2D eigenvalue weighted by molar-refractivity contribution is 0.315. The van der Waals surface area contributed by atoms with E-state index in [1.807, 2.05) is 0 Å². The van der Waals surface area contributed by atoms with Crippen molar-refractivity contribution >= 4 is 17.8 Å². The molecule has 0 saturated carbocycles. The molecule has 2 aromatic carbocycles. The van der Waals surface area contributed by atoms with E-state index in [2.05, 4.69) is 4.98 Å². The maximum atomic E-state index is 13.6. The van der Waals surface area contributed by atoms with E-state index >= 15 is 0 Å². The largest absolute Gasteiger partial charge is 0.421 e. The Kier molecular flexibility index (Phi) is 5.50. The Balaban J connectivity index is 2.03. The van der Waals surface area contributed by atoms with Crippen LogP contribution in [0.1, 0.15) is 5.69 Å². The Morgan fingerprint density at radius 1 is 0.741 bits per heavy atom. The van der Waals surface area contributed by atoms with Gasteiger partial charge in [-0.1, -0.05) is 6.07 Å². The average molecular weight is 381 g/mol. The number of rotatable bonds is 5. The van der Waals surface area contributed by atoms with E-state index in [4.69, 9.17) is 4.65 Å². The highest BCUT2D eigenvalue weighted by atomic mass is 19.2. The van der Waals surface area contributed by atoms with E-state index in [0.29, 0.717) is 30.0 Å². The van der Waals surface area contributed by atoms with Crippen molar-refractivity contribution in [2.75, 3.05) is 0 Å². The summed E-state index contributed by atoms with van der Waals surface area (Å²) in [6.07, 6.45) is 1.47. The minimum Gasteiger partial charge on any atom is -0.421 e. The summed E-state index contributed by atoms with van der Waals surface area (Å²) in [5, 5.41) is 0. The smallest absolute Gasteiger partial charge is 0.362 e. The summed E-state index contributed by atoms with van der Waals surface area (Å²) in [6.45, 7) is -1.59. The van der Waals surface area contributed by atoms with E-state index in [0.717, 1.165) is 0 Å². The number of hydrogen-bond donors (Lipinski definition) is 0. The van der Waals surface area contributed by atoms with Crippen molar-refractivity contribution < 1.29 is 31.0 Å². The van der Waals surface area contributed by atoms with E-state index in [1.54, 1.807) is 18.2 Å². The third kappa shape index (κ3) is 4.14. The molecule has 0 bridgehead atoms. The first-order valence-electron chi connectivity index (χ1n) is 7.67. The van der Waals surface area contributed by atoms with Crippen molar-refractivity contribution in [3.05, 3.63) is 89.3 Å². The summed E-state index contributed by atoms with van der Waals surface area (Å²) in [5.74, 6) is -9.39. The second-order valence-electron chi connectivity index (χ2n) is 5.61. The highest BCUT2D eigenvalue weighted by Gasteiger charge is 2.27. The Morgan fingerprint density at radius 2 is 1.22 bits per heavy atom. The molecule has 0 spiro atoms. The van der Waals surface area contributed by atoms with Crippen molar-refractivity contribution in [2.45, 2.75) is 6.61 Å². The Labute approximate surface area is 150 Å². The fourth-order valence-corrected chi connectivity index (χ4v) is 2.49. The summed E-state index contributed by atoms with van der Waals surface area (Å²) < 4.78 is 86.4. The van der Waals surface area contributed by atoms with Crippen molar-refractivity contribution in [2.24, 2.45) is 0 Å². The topological polar surface area (TPSA) is 22.1 Å². The molecule has 0 unspecified atom stereocenters. The molecule has 9 heteroatoms. The highest BCUT2D eigenvalue weighted by molar-refractivity contribution is 6.80. The van der Waals surface area contributed by atoms with Gasteiger partial charge < -0.3 is 4.65 Å². The van der Waals surface area contributed by atoms with Gasteiger partial charge in [0.25, 0.3) is 0 Å². The van der Waals surface area contributed by atoms with Crippen LogP contribution in [0, 0.1) is 34.9 Å². The molecule has 0 N–H and O–H groups in total. The number of hydrogen-bond acceptors (Lipinski definition) is 2. The first-order chi connectivity index (χ1) is 12.9. The normalized spacial score (nSPS) is 10.9. The number of aromatic nitrogens is 1. The minimum absolute atomic E-state index is 0.188. The molecule has 0 radical (unpaired) electrons. The lowest BCUT2D eigenvalue weighted by atomic mass is 9.55. The zero-order valence-corrected chi connectivity index (χ0v) is 13.5.